The number of aromatic nitrogens is 2. The number of benzene rings is 2. The normalized spacial score (nSPS) is 17.4. The third-order valence-corrected chi connectivity index (χ3v) is 7.15. The Labute approximate surface area is 208 Å². The van der Waals surface area contributed by atoms with E-state index >= 15 is 0 Å². The summed E-state index contributed by atoms with van der Waals surface area (Å²) in [6, 6.07) is 9.38. The van der Waals surface area contributed by atoms with Crippen LogP contribution >= 0.6 is 22.9 Å². The van der Waals surface area contributed by atoms with Crippen LogP contribution in [-0.2, 0) is 9.59 Å². The van der Waals surface area contributed by atoms with E-state index in [1.165, 1.54) is 41.7 Å². The van der Waals surface area contributed by atoms with E-state index in [-0.39, 0.29) is 22.0 Å². The van der Waals surface area contributed by atoms with Crippen molar-refractivity contribution in [3.05, 3.63) is 88.0 Å². The molecule has 0 bridgehead atoms. The van der Waals surface area contributed by atoms with Crippen LogP contribution in [0.1, 0.15) is 22.7 Å². The number of anilines is 1. The van der Waals surface area contributed by atoms with Crippen molar-refractivity contribution in [3.8, 4) is 5.75 Å². The Bertz CT molecular complexity index is 1500. The van der Waals surface area contributed by atoms with Gasteiger partial charge in [-0.25, -0.2) is 9.37 Å². The summed E-state index contributed by atoms with van der Waals surface area (Å²) in [5, 5.41) is 12.0. The van der Waals surface area contributed by atoms with E-state index < -0.39 is 29.3 Å². The molecule has 1 N–H and O–H groups in total. The quantitative estimate of drug-likeness (QED) is 0.224. The van der Waals surface area contributed by atoms with Gasteiger partial charge in [0, 0.05) is 17.4 Å². The topological polar surface area (TPSA) is 92.6 Å². The van der Waals surface area contributed by atoms with E-state index in [0.29, 0.717) is 16.1 Å². The molecule has 2 aromatic carbocycles. The van der Waals surface area contributed by atoms with E-state index in [0.717, 1.165) is 16.3 Å². The summed E-state index contributed by atoms with van der Waals surface area (Å²) < 4.78 is 20.1. The van der Waals surface area contributed by atoms with Crippen LogP contribution in [0.4, 0.5) is 9.52 Å². The number of aryl methyl sites for hydroxylation is 1. The van der Waals surface area contributed by atoms with Gasteiger partial charge in [-0.2, -0.15) is 0 Å². The minimum Gasteiger partial charge on any atom is -0.507 e. The lowest BCUT2D eigenvalue weighted by Crippen LogP contribution is -2.29. The van der Waals surface area contributed by atoms with Crippen molar-refractivity contribution in [3.63, 3.8) is 0 Å². The average Bonchev–Trinajstić information content (AvgIpc) is 3.37. The van der Waals surface area contributed by atoms with E-state index in [9.17, 15) is 19.1 Å². The lowest BCUT2D eigenvalue weighted by Gasteiger charge is -2.22. The number of carbonyl (C=O) groups excluding carboxylic acids is 2. The first-order valence-electron chi connectivity index (χ1n) is 10.4. The van der Waals surface area contributed by atoms with Crippen LogP contribution < -0.4 is 9.64 Å². The number of amides is 1. The van der Waals surface area contributed by atoms with Crippen LogP contribution in [0.5, 0.6) is 5.75 Å². The number of nitrogens with zero attached hydrogens (tertiary/aromatic N) is 3. The zero-order valence-electron chi connectivity index (χ0n) is 18.5. The lowest BCUT2D eigenvalue weighted by atomic mass is 9.96. The highest BCUT2D eigenvalue weighted by molar-refractivity contribution is 7.22. The van der Waals surface area contributed by atoms with Crippen molar-refractivity contribution in [2.45, 2.75) is 13.0 Å². The first kappa shape index (κ1) is 22.9. The van der Waals surface area contributed by atoms with Gasteiger partial charge in [0.15, 0.2) is 5.13 Å². The van der Waals surface area contributed by atoms with Crippen molar-refractivity contribution in [2.75, 3.05) is 12.0 Å². The van der Waals surface area contributed by atoms with Crippen LogP contribution in [0.25, 0.3) is 16.0 Å². The number of ether oxygens (including phenoxy) is 1. The number of pyridine rings is 1. The summed E-state index contributed by atoms with van der Waals surface area (Å²) in [4.78, 5) is 36.5. The number of hydrogen-bond acceptors (Lipinski definition) is 7. The summed E-state index contributed by atoms with van der Waals surface area (Å²) in [5.74, 6) is -2.87. The highest BCUT2D eigenvalue weighted by atomic mass is 35.5. The summed E-state index contributed by atoms with van der Waals surface area (Å²) in [6.45, 7) is 1.86. The van der Waals surface area contributed by atoms with Gasteiger partial charge in [0.1, 0.15) is 17.3 Å². The fourth-order valence-electron chi connectivity index (χ4n) is 4.03. The molecule has 1 unspecified atom stereocenters. The highest BCUT2D eigenvalue weighted by Crippen LogP contribution is 2.45. The van der Waals surface area contributed by atoms with Crippen molar-refractivity contribution in [1.82, 2.24) is 9.97 Å². The SMILES string of the molecule is COc1ccc(F)cc1/C(O)=C1\C(=O)C(=O)N(c2nc3cc(Cl)c(C)cc3s2)C1c1cccnc1. The van der Waals surface area contributed by atoms with Gasteiger partial charge in [0.05, 0.1) is 34.5 Å². The van der Waals surface area contributed by atoms with E-state index in [2.05, 4.69) is 9.97 Å². The predicted molar refractivity (Wildman–Crippen MR) is 131 cm³/mol. The number of rotatable bonds is 4. The molecule has 2 aromatic heterocycles. The Morgan fingerprint density at radius 2 is 2.03 bits per heavy atom. The molecule has 7 nitrogen and oxygen atoms in total. The van der Waals surface area contributed by atoms with Gasteiger partial charge in [-0.1, -0.05) is 29.0 Å². The number of ketones is 1. The van der Waals surface area contributed by atoms with Gasteiger partial charge in [0.2, 0.25) is 0 Å². The zero-order chi connectivity index (χ0) is 24.9. The summed E-state index contributed by atoms with van der Waals surface area (Å²) in [5.41, 5.74) is 1.61. The molecule has 0 aliphatic carbocycles. The monoisotopic (exact) mass is 509 g/mol. The Hall–Kier alpha value is -3.82. The molecule has 0 radical (unpaired) electrons. The van der Waals surface area contributed by atoms with Crippen LogP contribution in [-0.4, -0.2) is 33.9 Å². The molecule has 1 amide bonds. The fraction of sp³-hybridized carbons (Fsp3) is 0.120. The maximum absolute atomic E-state index is 14.1. The Morgan fingerprint density at radius 1 is 1.23 bits per heavy atom. The van der Waals surface area contributed by atoms with Crippen molar-refractivity contribution in [1.29, 1.82) is 0 Å². The van der Waals surface area contributed by atoms with E-state index in [1.807, 2.05) is 13.0 Å². The van der Waals surface area contributed by atoms with Gasteiger partial charge >= 0.3 is 5.91 Å². The van der Waals surface area contributed by atoms with Crippen LogP contribution in [0.2, 0.25) is 5.02 Å². The summed E-state index contributed by atoms with van der Waals surface area (Å²) in [7, 11) is 1.36. The van der Waals surface area contributed by atoms with Gasteiger partial charge < -0.3 is 9.84 Å². The van der Waals surface area contributed by atoms with Crippen LogP contribution in [0.15, 0.2) is 60.4 Å². The number of carbonyl (C=O) groups is 2. The molecule has 10 heteroatoms. The molecule has 3 heterocycles. The van der Waals surface area contributed by atoms with Crippen LogP contribution in [0, 0.1) is 12.7 Å². The maximum atomic E-state index is 14.1. The Morgan fingerprint density at radius 3 is 2.74 bits per heavy atom. The molecule has 0 saturated carbocycles. The predicted octanol–water partition coefficient (Wildman–Crippen LogP) is 5.43. The molecule has 0 spiro atoms. The minimum absolute atomic E-state index is 0.0499. The number of hydrogen-bond donors (Lipinski definition) is 1. The first-order valence-corrected chi connectivity index (χ1v) is 11.6. The number of halogens is 2. The van der Waals surface area contributed by atoms with Gasteiger partial charge in [-0.05, 0) is 54.4 Å². The summed E-state index contributed by atoms with van der Waals surface area (Å²) >= 11 is 7.46. The van der Waals surface area contributed by atoms with E-state index in [4.69, 9.17) is 16.3 Å². The number of aliphatic hydroxyl groups excluding tert-OH is 1. The highest BCUT2D eigenvalue weighted by Gasteiger charge is 2.48. The molecular formula is C25H17ClFN3O4S. The third-order valence-electron chi connectivity index (χ3n) is 5.72. The minimum atomic E-state index is -1.05. The fourth-order valence-corrected chi connectivity index (χ4v) is 5.26. The second-order valence-electron chi connectivity index (χ2n) is 7.87. The van der Waals surface area contributed by atoms with Crippen molar-refractivity contribution < 1.29 is 23.8 Å². The maximum Gasteiger partial charge on any atom is 0.301 e. The Kier molecular flexibility index (Phi) is 5.74. The molecule has 4 aromatic rings. The molecule has 1 aliphatic heterocycles. The molecule has 1 fully saturated rings. The number of methoxy groups -OCH3 is 1. The largest absolute Gasteiger partial charge is 0.507 e. The number of thiazole rings is 1. The van der Waals surface area contributed by atoms with E-state index in [1.54, 1.807) is 24.4 Å². The summed E-state index contributed by atoms with van der Waals surface area (Å²) in [6.07, 6.45) is 3.04. The first-order chi connectivity index (χ1) is 16.8. The lowest BCUT2D eigenvalue weighted by molar-refractivity contribution is -0.132. The zero-order valence-corrected chi connectivity index (χ0v) is 20.0. The molecule has 1 atom stereocenters. The molecule has 5 rings (SSSR count). The second kappa shape index (κ2) is 8.75. The number of Topliss-reactive ketones (excluding diaryl/α,β-unsaturated/α-hetero) is 1. The van der Waals surface area contributed by atoms with Gasteiger partial charge in [0.25, 0.3) is 5.78 Å². The molecule has 1 saturated heterocycles. The molecular weight excluding hydrogens is 493 g/mol. The average molecular weight is 510 g/mol. The smallest absolute Gasteiger partial charge is 0.301 e. The second-order valence-corrected chi connectivity index (χ2v) is 9.28. The van der Waals surface area contributed by atoms with Crippen LogP contribution in [0.3, 0.4) is 0 Å². The molecule has 35 heavy (non-hydrogen) atoms. The standard InChI is InChI=1S/C25H17ClFN3O4S/c1-12-8-19-17(10-16(12)26)29-25(35-19)30-21(13-4-3-7-28-11-13)20(23(32)24(30)33)22(31)15-9-14(27)5-6-18(15)34-2/h3-11,21,31H,1-2H3/b22-20+. The third kappa shape index (κ3) is 3.82. The molecule has 1 aliphatic rings. The Balaban J connectivity index is 1.75. The van der Waals surface area contributed by atoms with Gasteiger partial charge in [-0.15, -0.1) is 0 Å². The van der Waals surface area contributed by atoms with Crippen molar-refractivity contribution in [2.24, 2.45) is 0 Å². The number of fused-ring (bicyclic) bond motifs is 1. The molecule has 176 valence electrons. The van der Waals surface area contributed by atoms with Gasteiger partial charge in [-0.3, -0.25) is 19.5 Å². The van der Waals surface area contributed by atoms with Crippen molar-refractivity contribution >= 4 is 55.7 Å². The number of aliphatic hydroxyl groups is 1.